The Hall–Kier alpha value is -4.11. The number of anilines is 2. The molecule has 1 aliphatic carbocycles. The van der Waals surface area contributed by atoms with Crippen molar-refractivity contribution in [2.75, 3.05) is 11.9 Å². The molecule has 0 bridgehead atoms. The lowest BCUT2D eigenvalue weighted by Crippen LogP contribution is -2.43. The predicted molar refractivity (Wildman–Crippen MR) is 147 cm³/mol. The zero-order chi connectivity index (χ0) is 27.5. The highest BCUT2D eigenvalue weighted by Crippen LogP contribution is 2.40. The van der Waals surface area contributed by atoms with Crippen LogP contribution in [-0.4, -0.2) is 37.1 Å². The zero-order valence-electron chi connectivity index (χ0n) is 22.4. The number of hydrogen-bond donors (Lipinski definition) is 3. The molecule has 200 valence electrons. The van der Waals surface area contributed by atoms with Crippen molar-refractivity contribution in [1.29, 1.82) is 0 Å². The van der Waals surface area contributed by atoms with E-state index in [1.54, 1.807) is 32.3 Å². The van der Waals surface area contributed by atoms with Gasteiger partial charge in [0.2, 0.25) is 0 Å². The zero-order valence-corrected chi connectivity index (χ0v) is 22.4. The second-order valence-corrected chi connectivity index (χ2v) is 11.6. The molecular weight excluding hydrogens is 495 g/mol. The minimum Gasteiger partial charge on any atom is -0.386 e. The van der Waals surface area contributed by atoms with E-state index in [1.807, 2.05) is 35.0 Å². The molecular formula is C30H31FN6O2. The Kier molecular flexibility index (Phi) is 5.80. The third-order valence-corrected chi connectivity index (χ3v) is 7.48. The molecule has 39 heavy (non-hydrogen) atoms. The van der Waals surface area contributed by atoms with E-state index in [0.717, 1.165) is 36.0 Å². The van der Waals surface area contributed by atoms with Crippen LogP contribution in [0.2, 0.25) is 0 Å². The second-order valence-electron chi connectivity index (χ2n) is 11.6. The number of rotatable bonds is 6. The first-order valence-electron chi connectivity index (χ1n) is 13.1. The Morgan fingerprint density at radius 3 is 2.69 bits per heavy atom. The Bertz CT molecular complexity index is 1600. The molecule has 0 unspecified atom stereocenters. The maximum absolute atomic E-state index is 14.8. The standard InChI is InChI=1S/C30H31FN6O2/c1-29(2)15-33-28(38)20-9-8-19(12-21(20)29)35-27-23(31)13-32-26(36-27)18-7-10-25(22(11-18)30(3,4)39)37-14-24(34-16-37)17-5-6-17/h7-14,16-17,39H,5-6,15H2,1-4H3,(H,33,38)(H,32,35,36). The largest absolute Gasteiger partial charge is 0.386 e. The number of aromatic nitrogens is 4. The predicted octanol–water partition coefficient (Wildman–Crippen LogP) is 5.34. The van der Waals surface area contributed by atoms with Crippen LogP contribution in [0, 0.1) is 5.82 Å². The van der Waals surface area contributed by atoms with E-state index >= 15 is 0 Å². The quantitative estimate of drug-likeness (QED) is 0.313. The van der Waals surface area contributed by atoms with Gasteiger partial charge in [-0.3, -0.25) is 4.79 Å². The van der Waals surface area contributed by atoms with Gasteiger partial charge in [-0.25, -0.2) is 19.3 Å². The van der Waals surface area contributed by atoms with E-state index in [2.05, 4.69) is 39.4 Å². The molecule has 0 radical (unpaired) electrons. The van der Waals surface area contributed by atoms with Crippen LogP contribution in [0.15, 0.2) is 55.1 Å². The van der Waals surface area contributed by atoms with E-state index in [0.29, 0.717) is 40.7 Å². The summed E-state index contributed by atoms with van der Waals surface area (Å²) in [7, 11) is 0. The fourth-order valence-electron chi connectivity index (χ4n) is 5.05. The number of aliphatic hydroxyl groups is 1. The highest BCUT2D eigenvalue weighted by Gasteiger charge is 2.32. The number of hydrogen-bond acceptors (Lipinski definition) is 6. The summed E-state index contributed by atoms with van der Waals surface area (Å²) in [6.45, 7) is 8.09. The lowest BCUT2D eigenvalue weighted by molar-refractivity contribution is 0.0785. The number of halogens is 1. The van der Waals surface area contributed by atoms with Gasteiger partial charge in [0.15, 0.2) is 17.5 Å². The van der Waals surface area contributed by atoms with Crippen molar-refractivity contribution in [3.63, 3.8) is 0 Å². The van der Waals surface area contributed by atoms with Gasteiger partial charge in [-0.05, 0) is 68.7 Å². The monoisotopic (exact) mass is 526 g/mol. The normalized spacial score (nSPS) is 16.5. The molecule has 1 fully saturated rings. The number of benzene rings is 2. The molecule has 6 rings (SSSR count). The Labute approximate surface area is 226 Å². The van der Waals surface area contributed by atoms with Gasteiger partial charge in [0.1, 0.15) is 0 Å². The molecule has 2 aromatic carbocycles. The van der Waals surface area contributed by atoms with Crippen LogP contribution in [0.1, 0.15) is 73.6 Å². The first-order valence-corrected chi connectivity index (χ1v) is 13.1. The van der Waals surface area contributed by atoms with Gasteiger partial charge in [-0.15, -0.1) is 0 Å². The van der Waals surface area contributed by atoms with Crippen molar-refractivity contribution < 1.29 is 14.3 Å². The van der Waals surface area contributed by atoms with E-state index in [9.17, 15) is 14.3 Å². The van der Waals surface area contributed by atoms with Crippen molar-refractivity contribution in [3.05, 3.63) is 83.3 Å². The van der Waals surface area contributed by atoms with Gasteiger partial charge in [0, 0.05) is 46.5 Å². The number of imidazole rings is 1. The number of carbonyl (C=O) groups excluding carboxylic acids is 1. The molecule has 1 saturated carbocycles. The molecule has 3 heterocycles. The average molecular weight is 527 g/mol. The molecule has 4 aromatic rings. The third-order valence-electron chi connectivity index (χ3n) is 7.48. The Balaban J connectivity index is 1.34. The summed E-state index contributed by atoms with van der Waals surface area (Å²) in [6, 6.07) is 11.0. The number of fused-ring (bicyclic) bond motifs is 1. The Morgan fingerprint density at radius 2 is 1.95 bits per heavy atom. The maximum Gasteiger partial charge on any atom is 0.251 e. The molecule has 2 aromatic heterocycles. The van der Waals surface area contributed by atoms with Crippen molar-refractivity contribution in [3.8, 4) is 17.1 Å². The second kappa shape index (κ2) is 8.98. The smallest absolute Gasteiger partial charge is 0.251 e. The van der Waals surface area contributed by atoms with Crippen molar-refractivity contribution in [2.45, 2.75) is 57.5 Å². The molecule has 9 heteroatoms. The van der Waals surface area contributed by atoms with Crippen LogP contribution in [0.3, 0.4) is 0 Å². The molecule has 8 nitrogen and oxygen atoms in total. The molecule has 1 aliphatic heterocycles. The van der Waals surface area contributed by atoms with E-state index in [4.69, 9.17) is 0 Å². The first kappa shape index (κ1) is 25.2. The van der Waals surface area contributed by atoms with Gasteiger partial charge in [0.25, 0.3) is 5.91 Å². The first-order chi connectivity index (χ1) is 18.5. The third kappa shape index (κ3) is 4.78. The summed E-state index contributed by atoms with van der Waals surface area (Å²) in [5.41, 5.74) is 3.90. The summed E-state index contributed by atoms with van der Waals surface area (Å²) >= 11 is 0. The summed E-state index contributed by atoms with van der Waals surface area (Å²) in [5.74, 6) is 0.150. The van der Waals surface area contributed by atoms with Gasteiger partial charge >= 0.3 is 0 Å². The van der Waals surface area contributed by atoms with E-state index < -0.39 is 11.4 Å². The van der Waals surface area contributed by atoms with Crippen molar-refractivity contribution in [1.82, 2.24) is 24.8 Å². The average Bonchev–Trinajstić information content (AvgIpc) is 3.63. The number of nitrogens with zero attached hydrogens (tertiary/aromatic N) is 4. The SMILES string of the molecule is CC(C)(O)c1cc(-c2ncc(F)c(Nc3ccc4c(c3)C(C)(C)CNC4=O)n2)ccc1-n1cnc(C2CC2)c1. The molecule has 2 aliphatic rings. The lowest BCUT2D eigenvalue weighted by atomic mass is 9.79. The summed E-state index contributed by atoms with van der Waals surface area (Å²) in [5, 5.41) is 17.0. The van der Waals surface area contributed by atoms with Crippen LogP contribution in [-0.2, 0) is 11.0 Å². The number of amides is 1. The number of nitrogens with one attached hydrogen (secondary N) is 2. The minimum absolute atomic E-state index is 0.0237. The summed E-state index contributed by atoms with van der Waals surface area (Å²) < 4.78 is 16.8. The Morgan fingerprint density at radius 1 is 1.15 bits per heavy atom. The molecule has 0 spiro atoms. The van der Waals surface area contributed by atoms with Crippen LogP contribution in [0.5, 0.6) is 0 Å². The molecule has 0 saturated heterocycles. The van der Waals surface area contributed by atoms with Gasteiger partial charge < -0.3 is 20.3 Å². The molecule has 0 atom stereocenters. The fourth-order valence-corrected chi connectivity index (χ4v) is 5.05. The van der Waals surface area contributed by atoms with E-state index in [-0.39, 0.29) is 17.1 Å². The fraction of sp³-hybridized carbons (Fsp3) is 0.333. The summed E-state index contributed by atoms with van der Waals surface area (Å²) in [6.07, 6.45) is 7.24. The topological polar surface area (TPSA) is 105 Å². The van der Waals surface area contributed by atoms with Crippen LogP contribution < -0.4 is 10.6 Å². The number of carbonyl (C=O) groups is 1. The highest BCUT2D eigenvalue weighted by molar-refractivity contribution is 5.98. The van der Waals surface area contributed by atoms with Crippen LogP contribution in [0.25, 0.3) is 17.1 Å². The van der Waals surface area contributed by atoms with Gasteiger partial charge in [0.05, 0.1) is 29.5 Å². The minimum atomic E-state index is -1.15. The van der Waals surface area contributed by atoms with Crippen molar-refractivity contribution >= 4 is 17.4 Å². The van der Waals surface area contributed by atoms with Crippen LogP contribution >= 0.6 is 0 Å². The summed E-state index contributed by atoms with van der Waals surface area (Å²) in [4.78, 5) is 25.6. The maximum atomic E-state index is 14.8. The highest BCUT2D eigenvalue weighted by atomic mass is 19.1. The van der Waals surface area contributed by atoms with Crippen molar-refractivity contribution in [2.24, 2.45) is 0 Å². The van der Waals surface area contributed by atoms with Gasteiger partial charge in [-0.1, -0.05) is 13.8 Å². The van der Waals surface area contributed by atoms with Crippen LogP contribution in [0.4, 0.5) is 15.9 Å². The molecule has 3 N–H and O–H groups in total. The molecule has 1 amide bonds. The lowest BCUT2D eigenvalue weighted by Gasteiger charge is -2.32. The van der Waals surface area contributed by atoms with E-state index in [1.165, 1.54) is 0 Å². The van der Waals surface area contributed by atoms with Gasteiger partial charge in [-0.2, -0.15) is 0 Å².